The molecular formula is C20H21F3N4O7S. The second kappa shape index (κ2) is 12.5. The maximum atomic E-state index is 12.2. The van der Waals surface area contributed by atoms with Gasteiger partial charge in [0.25, 0.3) is 0 Å². The van der Waals surface area contributed by atoms with Crippen LogP contribution in [0.4, 0.5) is 18.9 Å². The summed E-state index contributed by atoms with van der Waals surface area (Å²) in [7, 11) is -3.73. The first kappa shape index (κ1) is 29.1. The zero-order valence-corrected chi connectivity index (χ0v) is 18.6. The summed E-state index contributed by atoms with van der Waals surface area (Å²) in [4.78, 5) is 31.8. The predicted octanol–water partition coefficient (Wildman–Crippen LogP) is 2.00. The van der Waals surface area contributed by atoms with E-state index in [0.29, 0.717) is 11.3 Å². The topological polar surface area (TPSA) is 200 Å². The number of aliphatic carboxylic acids is 1. The van der Waals surface area contributed by atoms with Crippen LogP contribution in [0.1, 0.15) is 28.8 Å². The van der Waals surface area contributed by atoms with Crippen LogP contribution in [-0.2, 0) is 19.6 Å². The summed E-state index contributed by atoms with van der Waals surface area (Å²) in [6.07, 6.45) is -4.77. The van der Waals surface area contributed by atoms with Gasteiger partial charge in [0.2, 0.25) is 15.9 Å². The van der Waals surface area contributed by atoms with Crippen molar-refractivity contribution in [2.75, 3.05) is 11.9 Å². The van der Waals surface area contributed by atoms with Gasteiger partial charge in [0.15, 0.2) is 0 Å². The number of nitrogens with two attached hydrogens (primary N) is 1. The number of alkyl halides is 3. The first-order valence-corrected chi connectivity index (χ1v) is 11.0. The molecular weight excluding hydrogens is 497 g/mol. The number of amidine groups is 1. The number of halogens is 3. The molecule has 15 heteroatoms. The normalized spacial score (nSPS) is 11.1. The van der Waals surface area contributed by atoms with Crippen LogP contribution in [0, 0.1) is 5.41 Å². The third-order valence-corrected chi connectivity index (χ3v) is 5.46. The fraction of sp³-hybridized carbons (Fsp3) is 0.200. The molecule has 0 bridgehead atoms. The molecule has 0 saturated carbocycles. The van der Waals surface area contributed by atoms with Crippen LogP contribution in [0.5, 0.6) is 0 Å². The van der Waals surface area contributed by atoms with E-state index in [2.05, 4.69) is 10.0 Å². The van der Waals surface area contributed by atoms with Crippen molar-refractivity contribution in [3.8, 4) is 0 Å². The Morgan fingerprint density at radius 3 is 2.06 bits per heavy atom. The van der Waals surface area contributed by atoms with Crippen LogP contribution in [0.2, 0.25) is 0 Å². The molecule has 35 heavy (non-hydrogen) atoms. The molecule has 0 aliphatic heterocycles. The van der Waals surface area contributed by atoms with Gasteiger partial charge >= 0.3 is 18.1 Å². The van der Waals surface area contributed by atoms with Crippen molar-refractivity contribution in [2.45, 2.75) is 23.9 Å². The lowest BCUT2D eigenvalue weighted by atomic mass is 10.2. The number of amides is 1. The molecule has 0 saturated heterocycles. The van der Waals surface area contributed by atoms with Crippen LogP contribution < -0.4 is 15.8 Å². The lowest BCUT2D eigenvalue weighted by molar-refractivity contribution is -0.192. The average Bonchev–Trinajstić information content (AvgIpc) is 2.76. The first-order chi connectivity index (χ1) is 16.1. The van der Waals surface area contributed by atoms with Gasteiger partial charge in [-0.15, -0.1) is 0 Å². The zero-order valence-electron chi connectivity index (χ0n) is 17.8. The largest absolute Gasteiger partial charge is 0.490 e. The second-order valence-corrected chi connectivity index (χ2v) is 8.44. The molecule has 0 fully saturated rings. The molecule has 0 aliphatic rings. The third-order valence-electron chi connectivity index (χ3n) is 3.98. The summed E-state index contributed by atoms with van der Waals surface area (Å²) >= 11 is 0. The Hall–Kier alpha value is -3.98. The highest BCUT2D eigenvalue weighted by molar-refractivity contribution is 7.89. The Morgan fingerprint density at radius 2 is 1.57 bits per heavy atom. The lowest BCUT2D eigenvalue weighted by Crippen LogP contribution is -2.26. The highest BCUT2D eigenvalue weighted by atomic mass is 32.2. The van der Waals surface area contributed by atoms with E-state index in [9.17, 15) is 31.2 Å². The highest BCUT2D eigenvalue weighted by Gasteiger charge is 2.38. The standard InChI is InChI=1S/C18H20N4O5S.C2HF3O2/c19-17(20)12-6-8-15(9-7-12)28(26,27)21-10-2-5-16(23)22-14-4-1-3-13(11-14)18(24)25;3-2(4,5)1(6)7/h1,3-4,6-9,11,21H,2,5,10H2,(H3,19,20)(H,22,23)(H,24,25);(H,6,7). The Balaban J connectivity index is 0.000000762. The van der Waals surface area contributed by atoms with E-state index < -0.39 is 28.1 Å². The van der Waals surface area contributed by atoms with E-state index >= 15 is 0 Å². The molecule has 190 valence electrons. The first-order valence-electron chi connectivity index (χ1n) is 9.51. The fourth-order valence-electron chi connectivity index (χ4n) is 2.31. The number of carboxylic acids is 2. The predicted molar refractivity (Wildman–Crippen MR) is 118 cm³/mol. The van der Waals surface area contributed by atoms with Crippen LogP contribution >= 0.6 is 0 Å². The van der Waals surface area contributed by atoms with E-state index in [1.165, 1.54) is 42.5 Å². The number of aromatic carboxylic acids is 1. The number of rotatable bonds is 9. The summed E-state index contributed by atoms with van der Waals surface area (Å²) in [5.41, 5.74) is 6.16. The van der Waals surface area contributed by atoms with Crippen molar-refractivity contribution < 1.29 is 46.2 Å². The number of sulfonamides is 1. The van der Waals surface area contributed by atoms with Crippen molar-refractivity contribution in [3.05, 3.63) is 59.7 Å². The average molecular weight is 518 g/mol. The van der Waals surface area contributed by atoms with E-state index in [1.54, 1.807) is 6.07 Å². The van der Waals surface area contributed by atoms with Gasteiger partial charge in [-0.2, -0.15) is 13.2 Å². The minimum atomic E-state index is -5.08. The quantitative estimate of drug-likeness (QED) is 0.164. The Bertz CT molecular complexity index is 1180. The van der Waals surface area contributed by atoms with Crippen molar-refractivity contribution in [1.29, 1.82) is 5.41 Å². The minimum absolute atomic E-state index is 0.0347. The molecule has 0 unspecified atom stereocenters. The third kappa shape index (κ3) is 10.2. The van der Waals surface area contributed by atoms with Crippen LogP contribution in [0.25, 0.3) is 0 Å². The Labute approximate surface area is 197 Å². The summed E-state index contributed by atoms with van der Waals surface area (Å²) in [6.45, 7) is 0.0549. The molecule has 0 spiro atoms. The van der Waals surface area contributed by atoms with Crippen LogP contribution in [-0.4, -0.2) is 55.0 Å². The number of carboxylic acid groups (broad SMARTS) is 2. The number of nitrogen functional groups attached to an aromatic ring is 1. The summed E-state index contributed by atoms with van der Waals surface area (Å²) in [6, 6.07) is 11.4. The van der Waals surface area contributed by atoms with Crippen molar-refractivity contribution in [3.63, 3.8) is 0 Å². The van der Waals surface area contributed by atoms with Crippen molar-refractivity contribution >= 4 is 39.4 Å². The fourth-order valence-corrected chi connectivity index (χ4v) is 3.38. The molecule has 1 amide bonds. The van der Waals surface area contributed by atoms with Crippen molar-refractivity contribution in [2.24, 2.45) is 5.73 Å². The van der Waals surface area contributed by atoms with Gasteiger partial charge in [-0.3, -0.25) is 10.2 Å². The van der Waals surface area contributed by atoms with E-state index in [0.717, 1.165) is 0 Å². The minimum Gasteiger partial charge on any atom is -0.478 e. The zero-order chi connectivity index (χ0) is 26.8. The maximum absolute atomic E-state index is 12.2. The molecule has 2 aromatic rings. The van der Waals surface area contributed by atoms with Gasteiger partial charge in [-0.1, -0.05) is 6.07 Å². The highest BCUT2D eigenvalue weighted by Crippen LogP contribution is 2.13. The van der Waals surface area contributed by atoms with E-state index in [1.807, 2.05) is 0 Å². The summed E-state index contributed by atoms with van der Waals surface area (Å²) in [5, 5.41) is 25.9. The van der Waals surface area contributed by atoms with Crippen LogP contribution in [0.15, 0.2) is 53.4 Å². The molecule has 0 radical (unpaired) electrons. The Morgan fingerprint density at radius 1 is 1.00 bits per heavy atom. The van der Waals surface area contributed by atoms with Crippen molar-refractivity contribution in [1.82, 2.24) is 4.72 Å². The molecule has 0 aliphatic carbocycles. The van der Waals surface area contributed by atoms with Gasteiger partial charge < -0.3 is 21.3 Å². The number of benzene rings is 2. The van der Waals surface area contributed by atoms with Gasteiger partial charge in [-0.25, -0.2) is 22.7 Å². The molecule has 7 N–H and O–H groups in total. The molecule has 0 aromatic heterocycles. The number of nitrogens with one attached hydrogen (secondary N) is 3. The monoisotopic (exact) mass is 518 g/mol. The van der Waals surface area contributed by atoms with E-state index in [4.69, 9.17) is 26.2 Å². The number of carbonyl (C=O) groups is 3. The molecule has 11 nitrogen and oxygen atoms in total. The smallest absolute Gasteiger partial charge is 0.478 e. The molecule has 2 aromatic carbocycles. The molecule has 2 rings (SSSR count). The van der Waals surface area contributed by atoms with Crippen LogP contribution in [0.3, 0.4) is 0 Å². The van der Waals surface area contributed by atoms with Gasteiger partial charge in [-0.05, 0) is 48.9 Å². The van der Waals surface area contributed by atoms with E-state index in [-0.39, 0.29) is 41.6 Å². The van der Waals surface area contributed by atoms with Gasteiger partial charge in [0.05, 0.1) is 10.5 Å². The summed E-state index contributed by atoms with van der Waals surface area (Å²) < 4.78 is 58.5. The SMILES string of the molecule is N=C(N)c1ccc(S(=O)(=O)NCCCC(=O)Nc2cccc(C(=O)O)c2)cc1.O=C(O)C(F)(F)F. The maximum Gasteiger partial charge on any atom is 0.490 e. The number of hydrogen-bond donors (Lipinski definition) is 6. The summed E-state index contributed by atoms with van der Waals surface area (Å²) in [5.74, 6) is -4.36. The Kier molecular flexibility index (Phi) is 10.4. The van der Waals surface area contributed by atoms with Gasteiger partial charge in [0.1, 0.15) is 5.84 Å². The molecule has 0 heterocycles. The molecule has 0 atom stereocenters. The number of anilines is 1. The second-order valence-electron chi connectivity index (χ2n) is 6.68. The number of hydrogen-bond acceptors (Lipinski definition) is 6. The van der Waals surface area contributed by atoms with Gasteiger partial charge in [0, 0.05) is 24.2 Å². The lowest BCUT2D eigenvalue weighted by Gasteiger charge is -2.08. The number of carbonyl (C=O) groups excluding carboxylic acids is 1.